The summed E-state index contributed by atoms with van der Waals surface area (Å²) in [6, 6.07) is 5.73. The van der Waals surface area contributed by atoms with Gasteiger partial charge in [-0.3, -0.25) is 24.8 Å². The highest BCUT2D eigenvalue weighted by Crippen LogP contribution is 2.39. The van der Waals surface area contributed by atoms with Crippen molar-refractivity contribution in [2.75, 3.05) is 37.6 Å². The third-order valence-corrected chi connectivity index (χ3v) is 8.72. The standard InChI is InChI=1S/C27H27F3N4O5S/c28-27(29,30)19-13-21-23(35)15-24(40-25(21)22(14-19)34(37)38)33-11-9-32(10-12-33)16-17-1-3-20(4-2-17)39-26(36)18-5-7-31-8-6-18/h5-8,13-15,17,20H,1-4,9-12,16H2. The van der Waals surface area contributed by atoms with Gasteiger partial charge in [0.25, 0.3) is 5.69 Å². The van der Waals surface area contributed by atoms with Gasteiger partial charge in [0.15, 0.2) is 5.43 Å². The zero-order chi connectivity index (χ0) is 28.4. The summed E-state index contributed by atoms with van der Waals surface area (Å²) in [5.74, 6) is 0.147. The highest BCUT2D eigenvalue weighted by Gasteiger charge is 2.34. The van der Waals surface area contributed by atoms with E-state index in [2.05, 4.69) is 9.88 Å². The molecule has 2 aromatic heterocycles. The van der Waals surface area contributed by atoms with Crippen LogP contribution in [-0.2, 0) is 10.9 Å². The Labute approximate surface area is 231 Å². The molecular formula is C27H27F3N4O5S. The van der Waals surface area contributed by atoms with Crippen molar-refractivity contribution in [3.05, 3.63) is 74.2 Å². The number of ether oxygens (including phenoxy) is 1. The first-order valence-corrected chi connectivity index (χ1v) is 13.8. The van der Waals surface area contributed by atoms with Crippen LogP contribution in [0.3, 0.4) is 0 Å². The summed E-state index contributed by atoms with van der Waals surface area (Å²) < 4.78 is 45.3. The Bertz CT molecular complexity index is 1450. The lowest BCUT2D eigenvalue weighted by Gasteiger charge is -2.38. The average Bonchev–Trinajstić information content (AvgIpc) is 2.94. The smallest absolute Gasteiger partial charge is 0.416 e. The first-order chi connectivity index (χ1) is 19.1. The Morgan fingerprint density at radius 3 is 2.38 bits per heavy atom. The molecule has 1 saturated heterocycles. The second-order valence-corrected chi connectivity index (χ2v) is 11.2. The minimum absolute atomic E-state index is 0.0516. The zero-order valence-electron chi connectivity index (χ0n) is 21.4. The number of nitro groups is 1. The van der Waals surface area contributed by atoms with Crippen LogP contribution in [0.2, 0.25) is 0 Å². The van der Waals surface area contributed by atoms with Crippen molar-refractivity contribution in [1.82, 2.24) is 9.88 Å². The number of anilines is 1. The van der Waals surface area contributed by atoms with Gasteiger partial charge in [-0.15, -0.1) is 11.3 Å². The van der Waals surface area contributed by atoms with Crippen molar-refractivity contribution in [2.24, 2.45) is 5.92 Å². The van der Waals surface area contributed by atoms with E-state index in [1.165, 1.54) is 6.07 Å². The molecule has 40 heavy (non-hydrogen) atoms. The Morgan fingerprint density at radius 2 is 1.75 bits per heavy atom. The minimum Gasteiger partial charge on any atom is -0.459 e. The lowest BCUT2D eigenvalue weighted by atomic mass is 9.87. The maximum atomic E-state index is 13.2. The van der Waals surface area contributed by atoms with Crippen LogP contribution >= 0.6 is 11.3 Å². The number of carbonyl (C=O) groups is 1. The van der Waals surface area contributed by atoms with Gasteiger partial charge in [0, 0.05) is 62.6 Å². The number of nitro benzene ring substituents is 1. The van der Waals surface area contributed by atoms with Crippen LogP contribution in [0.5, 0.6) is 0 Å². The number of nitrogens with zero attached hydrogens (tertiary/aromatic N) is 4. The molecule has 1 aliphatic heterocycles. The molecule has 1 aromatic carbocycles. The largest absolute Gasteiger partial charge is 0.459 e. The quantitative estimate of drug-likeness (QED) is 0.226. The summed E-state index contributed by atoms with van der Waals surface area (Å²) in [7, 11) is 0. The van der Waals surface area contributed by atoms with Crippen molar-refractivity contribution >= 4 is 38.1 Å². The first-order valence-electron chi connectivity index (χ1n) is 13.0. The summed E-state index contributed by atoms with van der Waals surface area (Å²) in [5.41, 5.74) is -2.10. The Balaban J connectivity index is 1.17. The number of halogens is 3. The second kappa shape index (κ2) is 11.5. The Kier molecular flexibility index (Phi) is 8.04. The van der Waals surface area contributed by atoms with Crippen LogP contribution in [0.4, 0.5) is 23.9 Å². The fourth-order valence-electron chi connectivity index (χ4n) is 5.34. The topological polar surface area (TPSA) is 106 Å². The molecule has 1 aliphatic carbocycles. The van der Waals surface area contributed by atoms with Crippen molar-refractivity contribution in [2.45, 2.75) is 38.0 Å². The van der Waals surface area contributed by atoms with E-state index < -0.39 is 27.8 Å². The van der Waals surface area contributed by atoms with E-state index in [1.54, 1.807) is 24.5 Å². The van der Waals surface area contributed by atoms with Crippen molar-refractivity contribution in [3.63, 3.8) is 0 Å². The van der Waals surface area contributed by atoms with E-state index in [0.29, 0.717) is 41.7 Å². The van der Waals surface area contributed by atoms with Gasteiger partial charge in [0.05, 0.1) is 21.1 Å². The molecule has 0 N–H and O–H groups in total. The number of hydrogen-bond donors (Lipinski definition) is 0. The fourth-order valence-corrected chi connectivity index (χ4v) is 6.53. The molecule has 212 valence electrons. The average molecular weight is 577 g/mol. The normalized spacial score (nSPS) is 20.4. The molecule has 2 aliphatic rings. The third kappa shape index (κ3) is 6.25. The van der Waals surface area contributed by atoms with Gasteiger partial charge in [-0.25, -0.2) is 4.79 Å². The number of piperazine rings is 1. The summed E-state index contributed by atoms with van der Waals surface area (Å²) in [6.07, 6.45) is 1.74. The zero-order valence-corrected chi connectivity index (χ0v) is 22.2. The fraction of sp³-hybridized carbons (Fsp3) is 0.444. The molecule has 1 saturated carbocycles. The molecular weight excluding hydrogens is 549 g/mol. The minimum atomic E-state index is -4.80. The molecule has 5 rings (SSSR count). The van der Waals surface area contributed by atoms with Crippen LogP contribution in [0.15, 0.2) is 47.5 Å². The number of alkyl halides is 3. The number of aromatic nitrogens is 1. The van der Waals surface area contributed by atoms with Crippen LogP contribution < -0.4 is 10.3 Å². The number of carbonyl (C=O) groups excluding carboxylic acids is 1. The molecule has 0 bridgehead atoms. The molecule has 0 atom stereocenters. The van der Waals surface area contributed by atoms with Gasteiger partial charge >= 0.3 is 12.1 Å². The maximum absolute atomic E-state index is 13.2. The molecule has 0 radical (unpaired) electrons. The molecule has 0 unspecified atom stereocenters. The van der Waals surface area contributed by atoms with Crippen LogP contribution in [0.25, 0.3) is 10.1 Å². The molecule has 9 nitrogen and oxygen atoms in total. The number of fused-ring (bicyclic) bond motifs is 1. The monoisotopic (exact) mass is 576 g/mol. The summed E-state index contributed by atoms with van der Waals surface area (Å²) in [4.78, 5) is 43.9. The summed E-state index contributed by atoms with van der Waals surface area (Å²) in [6.45, 7) is 3.54. The van der Waals surface area contributed by atoms with Gasteiger partial charge in [0.1, 0.15) is 10.8 Å². The van der Waals surface area contributed by atoms with E-state index in [9.17, 15) is 32.9 Å². The first kappa shape index (κ1) is 28.0. The molecule has 13 heteroatoms. The van der Waals surface area contributed by atoms with Crippen LogP contribution in [0, 0.1) is 16.0 Å². The lowest BCUT2D eigenvalue weighted by molar-refractivity contribution is -0.383. The molecule has 0 spiro atoms. The molecule has 3 aromatic rings. The SMILES string of the molecule is O=C(OC1CCC(CN2CCN(c3cc(=O)c4cc(C(F)(F)F)cc([N+](=O)[O-])c4s3)CC2)CC1)c1ccncc1. The van der Waals surface area contributed by atoms with Crippen molar-refractivity contribution in [3.8, 4) is 0 Å². The van der Waals surface area contributed by atoms with Crippen LogP contribution in [-0.4, -0.2) is 59.6 Å². The lowest BCUT2D eigenvalue weighted by Crippen LogP contribution is -2.48. The predicted octanol–water partition coefficient (Wildman–Crippen LogP) is 5.12. The van der Waals surface area contributed by atoms with Gasteiger partial charge in [-0.2, -0.15) is 13.2 Å². The summed E-state index contributed by atoms with van der Waals surface area (Å²) in [5, 5.41) is 11.8. The van der Waals surface area contributed by atoms with Crippen molar-refractivity contribution < 1.29 is 27.6 Å². The van der Waals surface area contributed by atoms with E-state index >= 15 is 0 Å². The van der Waals surface area contributed by atoms with Gasteiger partial charge < -0.3 is 9.64 Å². The number of esters is 1. The van der Waals surface area contributed by atoms with Crippen LogP contribution in [0.1, 0.15) is 41.6 Å². The molecule has 2 fully saturated rings. The Hall–Kier alpha value is -3.58. The Morgan fingerprint density at radius 1 is 1.07 bits per heavy atom. The number of non-ortho nitro benzene ring substituents is 1. The molecule has 0 amide bonds. The molecule has 3 heterocycles. The van der Waals surface area contributed by atoms with Gasteiger partial charge in [-0.1, -0.05) is 0 Å². The summed E-state index contributed by atoms with van der Waals surface area (Å²) >= 11 is 0.976. The van der Waals surface area contributed by atoms with Crippen molar-refractivity contribution in [1.29, 1.82) is 0 Å². The number of rotatable bonds is 6. The third-order valence-electron chi connectivity index (χ3n) is 7.50. The van der Waals surface area contributed by atoms with E-state index in [1.807, 2.05) is 4.90 Å². The van der Waals surface area contributed by atoms with Gasteiger partial charge in [-0.05, 0) is 49.8 Å². The number of benzene rings is 1. The second-order valence-electron chi connectivity index (χ2n) is 10.1. The highest BCUT2D eigenvalue weighted by molar-refractivity contribution is 7.22. The maximum Gasteiger partial charge on any atom is 0.416 e. The number of pyridine rings is 1. The van der Waals surface area contributed by atoms with E-state index in [4.69, 9.17) is 4.74 Å². The number of hydrogen-bond acceptors (Lipinski definition) is 9. The van der Waals surface area contributed by atoms with Gasteiger partial charge in [0.2, 0.25) is 0 Å². The highest BCUT2D eigenvalue weighted by atomic mass is 32.1. The van der Waals surface area contributed by atoms with E-state index in [0.717, 1.165) is 56.7 Å². The predicted molar refractivity (Wildman–Crippen MR) is 144 cm³/mol. The van der Waals surface area contributed by atoms with E-state index in [-0.39, 0.29) is 22.2 Å².